The Kier molecular flexibility index (Phi) is 10.4. The fourth-order valence-electron chi connectivity index (χ4n) is 7.83. The molecule has 5 atom stereocenters. The molecule has 10 heteroatoms. The smallest absolute Gasteiger partial charge is 0.453 e. The van der Waals surface area contributed by atoms with Crippen LogP contribution >= 0.6 is 0 Å². The first-order valence-corrected chi connectivity index (χ1v) is 17.3. The quantitative estimate of drug-likeness (QED) is 0.161. The van der Waals surface area contributed by atoms with E-state index in [4.69, 9.17) is 0 Å². The third-order valence-electron chi connectivity index (χ3n) is 10.2. The van der Waals surface area contributed by atoms with Crippen LogP contribution in [0.5, 0.6) is 5.75 Å². The average Bonchev–Trinajstić information content (AvgIpc) is 3.20. The maximum absolute atomic E-state index is 13.0. The molecule has 0 heterocycles. The number of halogens is 5. The summed E-state index contributed by atoms with van der Waals surface area (Å²) < 4.78 is 86.7. The molecule has 5 unspecified atom stereocenters. The van der Waals surface area contributed by atoms with Gasteiger partial charge in [-0.15, -0.1) is 0 Å². The monoisotopic (exact) mass is 620 g/mol. The first-order chi connectivity index (χ1) is 19.6. The second kappa shape index (κ2) is 13.1. The summed E-state index contributed by atoms with van der Waals surface area (Å²) >= 11 is 0. The van der Waals surface area contributed by atoms with Crippen LogP contribution < -0.4 is 0 Å². The van der Waals surface area contributed by atoms with E-state index in [1.807, 2.05) is 6.07 Å². The van der Waals surface area contributed by atoms with Crippen molar-refractivity contribution in [3.05, 3.63) is 34.9 Å². The summed E-state index contributed by atoms with van der Waals surface area (Å²) in [5.74, 6) is -4.14. The van der Waals surface area contributed by atoms with Gasteiger partial charge in [0.2, 0.25) is 0 Å². The van der Waals surface area contributed by atoms with Crippen LogP contribution in [0.4, 0.5) is 22.0 Å². The van der Waals surface area contributed by atoms with Gasteiger partial charge in [-0.2, -0.15) is 22.0 Å². The molecule has 3 aliphatic carbocycles. The summed E-state index contributed by atoms with van der Waals surface area (Å²) in [7, 11) is -3.65. The van der Waals surface area contributed by atoms with E-state index in [1.165, 1.54) is 11.1 Å². The number of hydrogen-bond donors (Lipinski definition) is 2. The number of fused-ring (bicyclic) bond motifs is 5. The first-order valence-electron chi connectivity index (χ1n) is 15.5. The van der Waals surface area contributed by atoms with E-state index in [2.05, 4.69) is 19.1 Å². The molecule has 238 valence electrons. The molecular weight excluding hydrogens is 575 g/mol. The van der Waals surface area contributed by atoms with E-state index in [-0.39, 0.29) is 23.0 Å². The normalized spacial score (nSPS) is 27.7. The number of rotatable bonds is 14. The molecule has 4 rings (SSSR count). The molecule has 0 bridgehead atoms. The highest BCUT2D eigenvalue weighted by atomic mass is 32.2. The minimum atomic E-state index is -5.65. The number of phenols is 1. The van der Waals surface area contributed by atoms with E-state index < -0.39 is 40.5 Å². The molecule has 1 aromatic carbocycles. The lowest BCUT2D eigenvalue weighted by Crippen LogP contribution is -2.44. The molecule has 3 aliphatic rings. The van der Waals surface area contributed by atoms with Crippen molar-refractivity contribution < 1.29 is 40.6 Å². The van der Waals surface area contributed by atoms with E-state index in [0.29, 0.717) is 30.6 Å². The summed E-state index contributed by atoms with van der Waals surface area (Å²) in [5.41, 5.74) is 3.81. The Morgan fingerprint density at radius 2 is 1.55 bits per heavy atom. The van der Waals surface area contributed by atoms with Crippen molar-refractivity contribution in [1.82, 2.24) is 0 Å². The number of aliphatic hydroxyl groups is 1. The lowest BCUT2D eigenvalue weighted by Gasteiger charge is -2.50. The molecule has 4 nitrogen and oxygen atoms in total. The molecule has 2 saturated carbocycles. The van der Waals surface area contributed by atoms with Crippen molar-refractivity contribution in [3.63, 3.8) is 0 Å². The maximum atomic E-state index is 13.0. The first kappa shape index (κ1) is 33.2. The van der Waals surface area contributed by atoms with Gasteiger partial charge >= 0.3 is 12.1 Å². The number of aromatic hydroxyl groups is 1. The molecule has 1 aromatic rings. The summed E-state index contributed by atoms with van der Waals surface area (Å²) in [6.07, 6.45) is 5.03. The number of sulfone groups is 1. The zero-order valence-corrected chi connectivity index (χ0v) is 25.3. The highest BCUT2D eigenvalue weighted by molar-refractivity contribution is 7.91. The lowest BCUT2D eigenvalue weighted by atomic mass is 9.54. The fraction of sp³-hybridized carbons (Fsp3) is 0.750. The third-order valence-corrected chi connectivity index (χ3v) is 12.1. The molecule has 0 aliphatic heterocycles. The van der Waals surface area contributed by atoms with E-state index in [1.54, 1.807) is 6.07 Å². The van der Waals surface area contributed by atoms with Gasteiger partial charge in [0.05, 0.1) is 17.6 Å². The molecule has 2 fully saturated rings. The predicted molar refractivity (Wildman–Crippen MR) is 154 cm³/mol. The Hall–Kier alpha value is -1.68. The predicted octanol–water partition coefficient (Wildman–Crippen LogP) is 8.57. The van der Waals surface area contributed by atoms with Gasteiger partial charge in [0.1, 0.15) is 15.6 Å². The second-order valence-electron chi connectivity index (χ2n) is 13.1. The van der Waals surface area contributed by atoms with Crippen molar-refractivity contribution >= 4 is 15.9 Å². The zero-order chi connectivity index (χ0) is 30.8. The Morgan fingerprint density at radius 3 is 2.24 bits per heavy atom. The van der Waals surface area contributed by atoms with Gasteiger partial charge in [0.25, 0.3) is 0 Å². The average molecular weight is 621 g/mol. The molecule has 0 aromatic heterocycles. The van der Waals surface area contributed by atoms with Gasteiger partial charge in [0, 0.05) is 6.42 Å². The topological polar surface area (TPSA) is 74.6 Å². The van der Waals surface area contributed by atoms with Crippen molar-refractivity contribution in [2.24, 2.45) is 17.3 Å². The van der Waals surface area contributed by atoms with Gasteiger partial charge in [-0.05, 0) is 97.8 Å². The van der Waals surface area contributed by atoms with Crippen LogP contribution in [-0.2, 0) is 9.84 Å². The van der Waals surface area contributed by atoms with Crippen LogP contribution in [-0.4, -0.2) is 48.3 Å². The Bertz CT molecular complexity index is 1210. The van der Waals surface area contributed by atoms with Gasteiger partial charge in [0.15, 0.2) is 0 Å². The Balaban J connectivity index is 1.19. The van der Waals surface area contributed by atoms with Gasteiger partial charge in [-0.1, -0.05) is 56.7 Å². The number of unbranched alkanes of at least 4 members (excludes halogenated alkanes) is 6. The van der Waals surface area contributed by atoms with E-state index in [9.17, 15) is 40.6 Å². The second-order valence-corrected chi connectivity index (χ2v) is 15.4. The van der Waals surface area contributed by atoms with E-state index >= 15 is 0 Å². The number of hydrogen-bond acceptors (Lipinski definition) is 4. The largest absolute Gasteiger partial charge is 0.508 e. The van der Waals surface area contributed by atoms with Gasteiger partial charge < -0.3 is 10.2 Å². The molecule has 0 amide bonds. The minimum Gasteiger partial charge on any atom is -0.508 e. The number of alkyl halides is 5. The lowest BCUT2D eigenvalue weighted by molar-refractivity contribution is -0.284. The van der Waals surface area contributed by atoms with Crippen LogP contribution in [0, 0.1) is 17.3 Å². The molecular formula is C32H45F5O4S. The molecule has 0 spiro atoms. The van der Waals surface area contributed by atoms with Crippen LogP contribution in [0.3, 0.4) is 0 Å². The maximum Gasteiger partial charge on any atom is 0.453 e. The standard InChI is InChI=1S/C32H45F5O4S/c1-30-17-15-26-25-12-11-24(38)21-23(25)20-22(29(26)27(30)13-14-28(30)39)10-7-5-3-2-4-6-8-18-42(40,41)19-9-16-31(33,34)32(35,36)37/h11-12,20-21,26-29,38-39H,2-10,13-19H2,1H3. The summed E-state index contributed by atoms with van der Waals surface area (Å²) in [6, 6.07) is 5.71. The van der Waals surface area contributed by atoms with Crippen molar-refractivity contribution in [2.75, 3.05) is 11.5 Å². The number of phenolic OH excluding ortho intramolecular Hbond substituents is 1. The number of allylic oxidation sites excluding steroid dienone is 1. The third kappa shape index (κ3) is 7.51. The summed E-state index contributed by atoms with van der Waals surface area (Å²) in [4.78, 5) is 0. The number of benzene rings is 1. The van der Waals surface area contributed by atoms with Crippen LogP contribution in [0.2, 0.25) is 0 Å². The van der Waals surface area contributed by atoms with Crippen LogP contribution in [0.1, 0.15) is 114 Å². The van der Waals surface area contributed by atoms with Crippen LogP contribution in [0.15, 0.2) is 23.8 Å². The molecule has 2 N–H and O–H groups in total. The SMILES string of the molecule is CC12CCC3c4ccc(O)cc4C=C(CCCCCCCCCS(=O)(=O)CCCC(F)(F)C(F)(F)F)C3C1CCC2O. The van der Waals surface area contributed by atoms with Crippen molar-refractivity contribution in [1.29, 1.82) is 0 Å². The fourth-order valence-corrected chi connectivity index (χ4v) is 9.26. The Labute approximate surface area is 246 Å². The Morgan fingerprint density at radius 1 is 0.905 bits per heavy atom. The summed E-state index contributed by atoms with van der Waals surface area (Å²) in [6.45, 7) is 2.26. The van der Waals surface area contributed by atoms with Crippen molar-refractivity contribution in [2.45, 2.75) is 121 Å². The highest BCUT2D eigenvalue weighted by Crippen LogP contribution is 2.62. The van der Waals surface area contributed by atoms with Crippen LogP contribution in [0.25, 0.3) is 6.08 Å². The highest BCUT2D eigenvalue weighted by Gasteiger charge is 2.57. The minimum absolute atomic E-state index is 0.0453. The van der Waals surface area contributed by atoms with Gasteiger partial charge in [-0.3, -0.25) is 0 Å². The summed E-state index contributed by atoms with van der Waals surface area (Å²) in [5, 5.41) is 20.9. The molecule has 42 heavy (non-hydrogen) atoms. The van der Waals surface area contributed by atoms with Crippen molar-refractivity contribution in [3.8, 4) is 5.75 Å². The molecule has 0 saturated heterocycles. The number of aliphatic hydroxyl groups excluding tert-OH is 1. The van der Waals surface area contributed by atoms with Gasteiger partial charge in [-0.25, -0.2) is 8.42 Å². The van der Waals surface area contributed by atoms with E-state index in [0.717, 1.165) is 69.8 Å². The zero-order valence-electron chi connectivity index (χ0n) is 24.4. The molecule has 0 radical (unpaired) electrons.